The summed E-state index contributed by atoms with van der Waals surface area (Å²) < 4.78 is 1.82. The highest BCUT2D eigenvalue weighted by Gasteiger charge is 2.09. The molecule has 0 aliphatic carbocycles. The highest BCUT2D eigenvalue weighted by atomic mass is 15.2. The Balaban J connectivity index is 1.82. The van der Waals surface area contributed by atoms with Crippen molar-refractivity contribution in [1.82, 2.24) is 19.6 Å². The lowest BCUT2D eigenvalue weighted by Gasteiger charge is -2.03. The van der Waals surface area contributed by atoms with Crippen molar-refractivity contribution in [2.24, 2.45) is 0 Å². The minimum Gasteiger partial charge on any atom is -0.265 e. The Hall–Kier alpha value is -3.01. The summed E-state index contributed by atoms with van der Waals surface area (Å²) >= 11 is 0. The molecule has 0 atom stereocenters. The number of fused-ring (bicyclic) bond motifs is 1. The molecule has 0 radical (unpaired) electrons. The Kier molecular flexibility index (Phi) is 2.93. The summed E-state index contributed by atoms with van der Waals surface area (Å²) in [4.78, 5) is 8.64. The lowest BCUT2D eigenvalue weighted by atomic mass is 10.1. The predicted molar refractivity (Wildman–Crippen MR) is 86.4 cm³/mol. The van der Waals surface area contributed by atoms with Gasteiger partial charge in [0.2, 0.25) is 0 Å². The molecular weight excluding hydrogens is 272 g/mol. The van der Waals surface area contributed by atoms with Crippen LogP contribution in [0, 0.1) is 6.92 Å². The zero-order chi connectivity index (χ0) is 14.9. The van der Waals surface area contributed by atoms with E-state index in [1.807, 2.05) is 35.2 Å². The van der Waals surface area contributed by atoms with Crippen LogP contribution < -0.4 is 0 Å². The number of hydrogen-bond acceptors (Lipinski definition) is 3. The normalized spacial score (nSPS) is 11.0. The molecule has 4 nitrogen and oxygen atoms in total. The van der Waals surface area contributed by atoms with Gasteiger partial charge in [0.15, 0.2) is 5.65 Å². The van der Waals surface area contributed by atoms with Crippen molar-refractivity contribution in [1.29, 1.82) is 0 Å². The first-order valence-electron chi connectivity index (χ1n) is 7.12. The van der Waals surface area contributed by atoms with Crippen molar-refractivity contribution in [3.05, 3.63) is 72.9 Å². The summed E-state index contributed by atoms with van der Waals surface area (Å²) in [7, 11) is 0. The van der Waals surface area contributed by atoms with Gasteiger partial charge in [0.05, 0.1) is 6.20 Å². The summed E-state index contributed by atoms with van der Waals surface area (Å²) in [6, 6.07) is 12.3. The van der Waals surface area contributed by atoms with Crippen LogP contribution in [0.2, 0.25) is 0 Å². The summed E-state index contributed by atoms with van der Waals surface area (Å²) in [5, 5.41) is 4.43. The van der Waals surface area contributed by atoms with Crippen LogP contribution in [-0.2, 0) is 0 Å². The molecule has 0 unspecified atom stereocenters. The second-order valence-corrected chi connectivity index (χ2v) is 5.27. The van der Waals surface area contributed by atoms with Gasteiger partial charge in [0.25, 0.3) is 0 Å². The molecule has 0 amide bonds. The van der Waals surface area contributed by atoms with E-state index in [2.05, 4.69) is 46.3 Å². The van der Waals surface area contributed by atoms with Gasteiger partial charge >= 0.3 is 0 Å². The molecule has 3 aromatic heterocycles. The predicted octanol–water partition coefficient (Wildman–Crippen LogP) is 3.77. The second kappa shape index (κ2) is 5.07. The molecule has 0 spiro atoms. The molecule has 4 rings (SSSR count). The Labute approximate surface area is 128 Å². The third-order valence-electron chi connectivity index (χ3n) is 3.73. The first-order chi connectivity index (χ1) is 10.8. The van der Waals surface area contributed by atoms with Crippen molar-refractivity contribution in [3.63, 3.8) is 0 Å². The SMILES string of the molecule is Cc1ccc(-c2cnc3c(-c4ccncc4)cnn3c2)cc1. The number of nitrogens with zero attached hydrogens (tertiary/aromatic N) is 4. The maximum Gasteiger partial charge on any atom is 0.162 e. The van der Waals surface area contributed by atoms with E-state index in [-0.39, 0.29) is 0 Å². The van der Waals surface area contributed by atoms with Gasteiger partial charge in [0, 0.05) is 35.9 Å². The Morgan fingerprint density at radius 1 is 0.818 bits per heavy atom. The standard InChI is InChI=1S/C18H14N4/c1-13-2-4-14(5-3-13)16-10-20-18-17(11-21-22(18)12-16)15-6-8-19-9-7-15/h2-12H,1H3. The van der Waals surface area contributed by atoms with Crippen molar-refractivity contribution in [2.45, 2.75) is 6.92 Å². The molecule has 0 saturated heterocycles. The van der Waals surface area contributed by atoms with Gasteiger partial charge in [-0.3, -0.25) is 4.98 Å². The third-order valence-corrected chi connectivity index (χ3v) is 3.73. The van der Waals surface area contributed by atoms with E-state index in [1.165, 1.54) is 5.56 Å². The molecule has 4 aromatic rings. The quantitative estimate of drug-likeness (QED) is 0.563. The van der Waals surface area contributed by atoms with Crippen molar-refractivity contribution in [2.75, 3.05) is 0 Å². The molecule has 22 heavy (non-hydrogen) atoms. The fourth-order valence-corrected chi connectivity index (χ4v) is 2.50. The van der Waals surface area contributed by atoms with E-state index < -0.39 is 0 Å². The summed E-state index contributed by atoms with van der Waals surface area (Å²) in [5.74, 6) is 0. The number of pyridine rings is 1. The fraction of sp³-hybridized carbons (Fsp3) is 0.0556. The molecule has 106 valence electrons. The molecule has 4 heteroatoms. The number of rotatable bonds is 2. The monoisotopic (exact) mass is 286 g/mol. The van der Waals surface area contributed by atoms with Crippen molar-refractivity contribution >= 4 is 5.65 Å². The van der Waals surface area contributed by atoms with E-state index in [0.717, 1.165) is 27.9 Å². The van der Waals surface area contributed by atoms with Crippen LogP contribution in [0.15, 0.2) is 67.4 Å². The van der Waals surface area contributed by atoms with E-state index >= 15 is 0 Å². The summed E-state index contributed by atoms with van der Waals surface area (Å²) in [5.41, 5.74) is 6.37. The highest BCUT2D eigenvalue weighted by Crippen LogP contribution is 2.25. The Bertz CT molecular complexity index is 924. The maximum absolute atomic E-state index is 4.60. The Morgan fingerprint density at radius 2 is 1.59 bits per heavy atom. The molecule has 3 heterocycles. The van der Waals surface area contributed by atoms with Crippen LogP contribution in [0.5, 0.6) is 0 Å². The van der Waals surface area contributed by atoms with Crippen LogP contribution in [0.3, 0.4) is 0 Å². The van der Waals surface area contributed by atoms with Gasteiger partial charge < -0.3 is 0 Å². The van der Waals surface area contributed by atoms with Crippen LogP contribution in [0.4, 0.5) is 0 Å². The first kappa shape index (κ1) is 12.7. The van der Waals surface area contributed by atoms with E-state index in [1.54, 1.807) is 12.4 Å². The molecule has 0 N–H and O–H groups in total. The molecule has 1 aromatic carbocycles. The highest BCUT2D eigenvalue weighted by molar-refractivity contribution is 5.77. The average Bonchev–Trinajstić information content (AvgIpc) is 2.99. The molecule has 0 aliphatic heterocycles. The summed E-state index contributed by atoms with van der Waals surface area (Å²) in [6.45, 7) is 2.08. The topological polar surface area (TPSA) is 43.1 Å². The molecule has 0 saturated carbocycles. The van der Waals surface area contributed by atoms with Crippen molar-refractivity contribution in [3.8, 4) is 22.3 Å². The number of aryl methyl sites for hydroxylation is 1. The smallest absolute Gasteiger partial charge is 0.162 e. The summed E-state index contributed by atoms with van der Waals surface area (Å²) in [6.07, 6.45) is 9.31. The molecule has 0 aliphatic rings. The number of benzene rings is 1. The van der Waals surface area contributed by atoms with E-state index in [4.69, 9.17) is 0 Å². The first-order valence-corrected chi connectivity index (χ1v) is 7.12. The van der Waals surface area contributed by atoms with Gasteiger partial charge in [0.1, 0.15) is 0 Å². The van der Waals surface area contributed by atoms with Crippen LogP contribution in [-0.4, -0.2) is 19.6 Å². The maximum atomic E-state index is 4.60. The third kappa shape index (κ3) is 2.15. The van der Waals surface area contributed by atoms with Gasteiger partial charge in [-0.1, -0.05) is 29.8 Å². The van der Waals surface area contributed by atoms with E-state index in [9.17, 15) is 0 Å². The van der Waals surface area contributed by atoms with Crippen LogP contribution in [0.25, 0.3) is 27.9 Å². The van der Waals surface area contributed by atoms with Gasteiger partial charge in [-0.05, 0) is 30.2 Å². The lowest BCUT2D eigenvalue weighted by molar-refractivity contribution is 0.941. The molecule has 0 bridgehead atoms. The van der Waals surface area contributed by atoms with E-state index in [0.29, 0.717) is 0 Å². The van der Waals surface area contributed by atoms with Crippen molar-refractivity contribution < 1.29 is 0 Å². The largest absolute Gasteiger partial charge is 0.265 e. The lowest BCUT2D eigenvalue weighted by Crippen LogP contribution is -1.92. The molecular formula is C18H14N4. The van der Waals surface area contributed by atoms with Gasteiger partial charge in [-0.2, -0.15) is 5.10 Å². The number of aromatic nitrogens is 4. The molecule has 0 fully saturated rings. The number of hydrogen-bond donors (Lipinski definition) is 0. The minimum atomic E-state index is 0.849. The van der Waals surface area contributed by atoms with Crippen LogP contribution >= 0.6 is 0 Å². The Morgan fingerprint density at radius 3 is 2.36 bits per heavy atom. The van der Waals surface area contributed by atoms with Gasteiger partial charge in [-0.15, -0.1) is 0 Å². The van der Waals surface area contributed by atoms with Crippen LogP contribution in [0.1, 0.15) is 5.56 Å². The van der Waals surface area contributed by atoms with Gasteiger partial charge in [-0.25, -0.2) is 9.50 Å². The zero-order valence-corrected chi connectivity index (χ0v) is 12.1. The average molecular weight is 286 g/mol. The zero-order valence-electron chi connectivity index (χ0n) is 12.1. The minimum absolute atomic E-state index is 0.849. The fourth-order valence-electron chi connectivity index (χ4n) is 2.50. The second-order valence-electron chi connectivity index (χ2n) is 5.27.